The number of pyridine rings is 1. The number of piperazine rings is 1. The average Bonchev–Trinajstić information content (AvgIpc) is 3.13. The molecule has 7 heteroatoms. The van der Waals surface area contributed by atoms with Gasteiger partial charge in [0, 0.05) is 45.0 Å². The Balaban J connectivity index is 1.32. The fraction of sp³-hybridized carbons (Fsp3) is 0.389. The molecule has 0 bridgehead atoms. The number of aromatic nitrogens is 3. The second kappa shape index (κ2) is 7.33. The fourth-order valence-electron chi connectivity index (χ4n) is 3.27. The molecule has 4 heterocycles. The van der Waals surface area contributed by atoms with Crippen molar-refractivity contribution in [3.8, 4) is 0 Å². The molecule has 1 unspecified atom stereocenters. The SMILES string of the molecule is CC(CN1CCN(c2ccccn2)CC1)Nc1ncnc2sccc12. The van der Waals surface area contributed by atoms with Crippen molar-refractivity contribution in [2.75, 3.05) is 42.9 Å². The maximum absolute atomic E-state index is 4.45. The van der Waals surface area contributed by atoms with Crippen LogP contribution in [-0.4, -0.2) is 58.6 Å². The van der Waals surface area contributed by atoms with Gasteiger partial charge in [0.15, 0.2) is 0 Å². The minimum atomic E-state index is 0.333. The summed E-state index contributed by atoms with van der Waals surface area (Å²) < 4.78 is 0. The zero-order chi connectivity index (χ0) is 17.1. The lowest BCUT2D eigenvalue weighted by atomic mass is 10.2. The number of anilines is 2. The topological polar surface area (TPSA) is 57.2 Å². The Morgan fingerprint density at radius 3 is 2.80 bits per heavy atom. The highest BCUT2D eigenvalue weighted by atomic mass is 32.1. The summed E-state index contributed by atoms with van der Waals surface area (Å²) in [5.74, 6) is 2.01. The van der Waals surface area contributed by atoms with Gasteiger partial charge in [0.25, 0.3) is 0 Å². The second-order valence-electron chi connectivity index (χ2n) is 6.38. The Hall–Kier alpha value is -2.25. The summed E-state index contributed by atoms with van der Waals surface area (Å²) >= 11 is 1.65. The molecule has 0 radical (unpaired) electrons. The molecule has 1 N–H and O–H groups in total. The number of fused-ring (bicyclic) bond motifs is 1. The van der Waals surface area contributed by atoms with Crippen LogP contribution in [0.2, 0.25) is 0 Å². The largest absolute Gasteiger partial charge is 0.366 e. The number of nitrogens with zero attached hydrogens (tertiary/aromatic N) is 5. The first-order chi connectivity index (χ1) is 12.3. The summed E-state index contributed by atoms with van der Waals surface area (Å²) in [5, 5.41) is 6.72. The van der Waals surface area contributed by atoms with Crippen molar-refractivity contribution in [3.05, 3.63) is 42.2 Å². The van der Waals surface area contributed by atoms with Crippen LogP contribution in [0.15, 0.2) is 42.2 Å². The van der Waals surface area contributed by atoms with Gasteiger partial charge in [0.1, 0.15) is 22.8 Å². The first-order valence-electron chi connectivity index (χ1n) is 8.62. The molecule has 3 aromatic rings. The Morgan fingerprint density at radius 2 is 2.00 bits per heavy atom. The number of hydrogen-bond donors (Lipinski definition) is 1. The van der Waals surface area contributed by atoms with Gasteiger partial charge in [0.05, 0.1) is 5.39 Å². The van der Waals surface area contributed by atoms with E-state index in [9.17, 15) is 0 Å². The van der Waals surface area contributed by atoms with Crippen LogP contribution in [0.25, 0.3) is 10.2 Å². The van der Waals surface area contributed by atoms with Crippen molar-refractivity contribution in [3.63, 3.8) is 0 Å². The molecule has 0 amide bonds. The summed E-state index contributed by atoms with van der Waals surface area (Å²) in [6.45, 7) is 7.37. The van der Waals surface area contributed by atoms with Crippen LogP contribution in [0.5, 0.6) is 0 Å². The van der Waals surface area contributed by atoms with Gasteiger partial charge in [-0.2, -0.15) is 0 Å². The molecule has 0 saturated carbocycles. The molecule has 25 heavy (non-hydrogen) atoms. The third-order valence-corrected chi connectivity index (χ3v) is 5.34. The number of nitrogens with one attached hydrogen (secondary N) is 1. The first kappa shape index (κ1) is 16.2. The van der Waals surface area contributed by atoms with Gasteiger partial charge in [0.2, 0.25) is 0 Å². The quantitative estimate of drug-likeness (QED) is 0.760. The Morgan fingerprint density at radius 1 is 1.12 bits per heavy atom. The van der Waals surface area contributed by atoms with E-state index in [2.05, 4.69) is 54.5 Å². The van der Waals surface area contributed by atoms with Crippen LogP contribution >= 0.6 is 11.3 Å². The molecule has 0 aromatic carbocycles. The van der Waals surface area contributed by atoms with Crippen molar-refractivity contribution in [1.82, 2.24) is 19.9 Å². The van der Waals surface area contributed by atoms with E-state index in [1.54, 1.807) is 17.7 Å². The van der Waals surface area contributed by atoms with E-state index in [1.165, 1.54) is 0 Å². The van der Waals surface area contributed by atoms with Crippen LogP contribution in [0, 0.1) is 0 Å². The molecular formula is C18H22N6S. The number of hydrogen-bond acceptors (Lipinski definition) is 7. The monoisotopic (exact) mass is 354 g/mol. The minimum absolute atomic E-state index is 0.333. The zero-order valence-electron chi connectivity index (χ0n) is 14.3. The smallest absolute Gasteiger partial charge is 0.138 e. The molecule has 1 saturated heterocycles. The molecular weight excluding hydrogens is 332 g/mol. The van der Waals surface area contributed by atoms with Gasteiger partial charge in [-0.1, -0.05) is 6.07 Å². The van der Waals surface area contributed by atoms with E-state index in [-0.39, 0.29) is 0 Å². The fourth-order valence-corrected chi connectivity index (χ4v) is 4.00. The molecule has 4 rings (SSSR count). The van der Waals surface area contributed by atoms with Crippen molar-refractivity contribution < 1.29 is 0 Å². The highest BCUT2D eigenvalue weighted by molar-refractivity contribution is 7.16. The van der Waals surface area contributed by atoms with Crippen LogP contribution < -0.4 is 10.2 Å². The zero-order valence-corrected chi connectivity index (χ0v) is 15.1. The van der Waals surface area contributed by atoms with Crippen molar-refractivity contribution in [2.45, 2.75) is 13.0 Å². The molecule has 1 atom stereocenters. The van der Waals surface area contributed by atoms with Gasteiger partial charge in [-0.15, -0.1) is 11.3 Å². The normalized spacial score (nSPS) is 16.9. The predicted octanol–water partition coefficient (Wildman–Crippen LogP) is 2.71. The Kier molecular flexibility index (Phi) is 4.76. The molecule has 130 valence electrons. The van der Waals surface area contributed by atoms with Crippen LogP contribution in [0.1, 0.15) is 6.92 Å². The highest BCUT2D eigenvalue weighted by Gasteiger charge is 2.19. The lowest BCUT2D eigenvalue weighted by molar-refractivity contribution is 0.250. The van der Waals surface area contributed by atoms with Crippen LogP contribution in [0.3, 0.4) is 0 Å². The second-order valence-corrected chi connectivity index (χ2v) is 7.28. The number of thiophene rings is 1. The summed E-state index contributed by atoms with van der Waals surface area (Å²) in [7, 11) is 0. The number of rotatable bonds is 5. The Bertz CT molecular complexity index is 813. The van der Waals surface area contributed by atoms with Crippen molar-refractivity contribution in [1.29, 1.82) is 0 Å². The molecule has 0 spiro atoms. The van der Waals surface area contributed by atoms with E-state index < -0.39 is 0 Å². The molecule has 3 aromatic heterocycles. The molecule has 1 fully saturated rings. The van der Waals surface area contributed by atoms with Gasteiger partial charge in [-0.25, -0.2) is 15.0 Å². The van der Waals surface area contributed by atoms with Crippen molar-refractivity contribution in [2.24, 2.45) is 0 Å². The van der Waals surface area contributed by atoms with Crippen LogP contribution in [-0.2, 0) is 0 Å². The van der Waals surface area contributed by atoms with Crippen molar-refractivity contribution >= 4 is 33.2 Å². The van der Waals surface area contributed by atoms with Gasteiger partial charge >= 0.3 is 0 Å². The van der Waals surface area contributed by atoms with Gasteiger partial charge in [-0.05, 0) is 30.5 Å². The molecule has 6 nitrogen and oxygen atoms in total. The lowest BCUT2D eigenvalue weighted by Gasteiger charge is -2.36. The lowest BCUT2D eigenvalue weighted by Crippen LogP contribution is -2.49. The maximum Gasteiger partial charge on any atom is 0.138 e. The summed E-state index contributed by atoms with van der Waals surface area (Å²) in [6.07, 6.45) is 3.50. The third-order valence-electron chi connectivity index (χ3n) is 4.52. The van der Waals surface area contributed by atoms with E-state index in [1.807, 2.05) is 18.3 Å². The van der Waals surface area contributed by atoms with Gasteiger partial charge < -0.3 is 10.2 Å². The maximum atomic E-state index is 4.45. The summed E-state index contributed by atoms with van der Waals surface area (Å²) in [4.78, 5) is 19.1. The highest BCUT2D eigenvalue weighted by Crippen LogP contribution is 2.24. The third kappa shape index (κ3) is 3.72. The van der Waals surface area contributed by atoms with E-state index >= 15 is 0 Å². The van der Waals surface area contributed by atoms with Gasteiger partial charge in [-0.3, -0.25) is 4.90 Å². The van der Waals surface area contributed by atoms with E-state index in [0.29, 0.717) is 6.04 Å². The van der Waals surface area contributed by atoms with Crippen LogP contribution in [0.4, 0.5) is 11.6 Å². The summed E-state index contributed by atoms with van der Waals surface area (Å²) in [5.41, 5.74) is 0. The predicted molar refractivity (Wildman–Crippen MR) is 103 cm³/mol. The molecule has 1 aliphatic rings. The van der Waals surface area contributed by atoms with E-state index in [4.69, 9.17) is 0 Å². The standard InChI is InChI=1S/C18H22N6S/c1-14(22-17-15-5-11-25-18(15)21-13-20-17)12-23-7-9-24(10-8-23)16-4-2-3-6-19-16/h2-6,11,13-14H,7-10,12H2,1H3,(H,20,21,22). The first-order valence-corrected chi connectivity index (χ1v) is 9.50. The average molecular weight is 354 g/mol. The Labute approximate surface area is 151 Å². The molecule has 0 aliphatic carbocycles. The summed E-state index contributed by atoms with van der Waals surface area (Å²) in [6, 6.07) is 8.51. The molecule has 1 aliphatic heterocycles. The van der Waals surface area contributed by atoms with E-state index in [0.717, 1.165) is 54.6 Å². The minimum Gasteiger partial charge on any atom is -0.366 e.